The van der Waals surface area contributed by atoms with E-state index in [2.05, 4.69) is 86.3 Å². The summed E-state index contributed by atoms with van der Waals surface area (Å²) in [5.74, 6) is 0. The normalized spacial score (nSPS) is 11.4. The van der Waals surface area contributed by atoms with Gasteiger partial charge in [-0.1, -0.05) is 59.6 Å². The highest BCUT2D eigenvalue weighted by Gasteiger charge is 2.08. The summed E-state index contributed by atoms with van der Waals surface area (Å²) in [7, 11) is 0. The SMILES string of the molecule is Clc1cccc(Cl)c1CN/N=C\c1cn(Cc2ccc(I)cc2)c2ccccc12. The molecule has 0 atom stereocenters. The van der Waals surface area contributed by atoms with Crippen LogP contribution in [0.3, 0.4) is 0 Å². The van der Waals surface area contributed by atoms with E-state index >= 15 is 0 Å². The van der Waals surface area contributed by atoms with Crippen molar-refractivity contribution in [2.24, 2.45) is 5.10 Å². The van der Waals surface area contributed by atoms with Gasteiger partial charge in [0.1, 0.15) is 0 Å². The van der Waals surface area contributed by atoms with Crippen molar-refractivity contribution in [1.29, 1.82) is 0 Å². The fourth-order valence-electron chi connectivity index (χ4n) is 3.24. The van der Waals surface area contributed by atoms with E-state index in [-0.39, 0.29) is 0 Å². The average molecular weight is 534 g/mol. The van der Waals surface area contributed by atoms with Crippen molar-refractivity contribution < 1.29 is 0 Å². The van der Waals surface area contributed by atoms with Gasteiger partial charge in [0, 0.05) is 48.4 Å². The van der Waals surface area contributed by atoms with Crippen LogP contribution < -0.4 is 5.43 Å². The van der Waals surface area contributed by atoms with Gasteiger partial charge in [-0.25, -0.2) is 0 Å². The minimum Gasteiger partial charge on any atom is -0.342 e. The molecule has 4 rings (SSSR count). The molecule has 0 radical (unpaired) electrons. The molecule has 0 fully saturated rings. The Bertz CT molecular complexity index is 1150. The minimum absolute atomic E-state index is 0.469. The number of hydrazone groups is 1. The Kier molecular flexibility index (Phi) is 6.43. The molecule has 4 aromatic rings. The highest BCUT2D eigenvalue weighted by Crippen LogP contribution is 2.24. The average Bonchev–Trinajstić information content (AvgIpc) is 3.06. The van der Waals surface area contributed by atoms with Gasteiger partial charge >= 0.3 is 0 Å². The third-order valence-electron chi connectivity index (χ3n) is 4.70. The number of benzene rings is 3. The van der Waals surface area contributed by atoms with Crippen LogP contribution in [0.5, 0.6) is 0 Å². The highest BCUT2D eigenvalue weighted by atomic mass is 127. The summed E-state index contributed by atoms with van der Waals surface area (Å²) in [5, 5.41) is 6.83. The first-order valence-electron chi connectivity index (χ1n) is 9.13. The molecule has 6 heteroatoms. The first kappa shape index (κ1) is 20.3. The summed E-state index contributed by atoms with van der Waals surface area (Å²) in [6.07, 6.45) is 3.98. The van der Waals surface area contributed by atoms with Gasteiger partial charge in [-0.05, 0) is 58.5 Å². The van der Waals surface area contributed by atoms with E-state index in [0.29, 0.717) is 16.6 Å². The van der Waals surface area contributed by atoms with Crippen LogP contribution in [0.25, 0.3) is 10.9 Å². The molecule has 29 heavy (non-hydrogen) atoms. The molecule has 0 unspecified atom stereocenters. The van der Waals surface area contributed by atoms with Crippen molar-refractivity contribution in [2.75, 3.05) is 0 Å². The Morgan fingerprint density at radius 3 is 2.41 bits per heavy atom. The quantitative estimate of drug-likeness (QED) is 0.166. The van der Waals surface area contributed by atoms with Gasteiger partial charge in [-0.2, -0.15) is 5.10 Å². The van der Waals surface area contributed by atoms with E-state index in [9.17, 15) is 0 Å². The van der Waals surface area contributed by atoms with Crippen molar-refractivity contribution in [3.63, 3.8) is 0 Å². The van der Waals surface area contributed by atoms with Crippen molar-refractivity contribution in [3.8, 4) is 0 Å². The second-order valence-corrected chi connectivity index (χ2v) is 8.71. The molecule has 0 saturated heterocycles. The molecule has 0 amide bonds. The fourth-order valence-corrected chi connectivity index (χ4v) is 4.13. The van der Waals surface area contributed by atoms with Gasteiger partial charge in [-0.3, -0.25) is 0 Å². The number of hydrogen-bond donors (Lipinski definition) is 1. The predicted molar refractivity (Wildman–Crippen MR) is 131 cm³/mol. The van der Waals surface area contributed by atoms with Crippen LogP contribution in [-0.2, 0) is 13.1 Å². The molecular weight excluding hydrogens is 516 g/mol. The number of halogens is 3. The third kappa shape index (κ3) is 4.77. The van der Waals surface area contributed by atoms with Crippen LogP contribution in [0.15, 0.2) is 78.0 Å². The van der Waals surface area contributed by atoms with Crippen LogP contribution in [0.1, 0.15) is 16.7 Å². The first-order valence-corrected chi connectivity index (χ1v) is 11.0. The molecule has 3 nitrogen and oxygen atoms in total. The zero-order valence-corrected chi connectivity index (χ0v) is 19.1. The summed E-state index contributed by atoms with van der Waals surface area (Å²) in [6, 6.07) is 22.4. The number of para-hydroxylation sites is 1. The first-order chi connectivity index (χ1) is 14.1. The molecule has 1 heterocycles. The van der Waals surface area contributed by atoms with Gasteiger partial charge in [0.25, 0.3) is 0 Å². The van der Waals surface area contributed by atoms with Gasteiger partial charge in [0.15, 0.2) is 0 Å². The summed E-state index contributed by atoms with van der Waals surface area (Å²) >= 11 is 14.8. The second kappa shape index (κ2) is 9.20. The molecule has 0 aliphatic carbocycles. The van der Waals surface area contributed by atoms with E-state index in [1.165, 1.54) is 20.0 Å². The van der Waals surface area contributed by atoms with Gasteiger partial charge in [0.05, 0.1) is 12.8 Å². The Morgan fingerprint density at radius 1 is 0.931 bits per heavy atom. The number of aromatic nitrogens is 1. The predicted octanol–water partition coefficient (Wildman–Crippen LogP) is 6.72. The minimum atomic E-state index is 0.469. The Hall–Kier alpha value is -2.02. The molecule has 146 valence electrons. The zero-order valence-electron chi connectivity index (χ0n) is 15.4. The van der Waals surface area contributed by atoms with Gasteiger partial charge in [0.2, 0.25) is 0 Å². The van der Waals surface area contributed by atoms with Gasteiger partial charge < -0.3 is 9.99 Å². The lowest BCUT2D eigenvalue weighted by Gasteiger charge is -2.05. The van der Waals surface area contributed by atoms with Crippen molar-refractivity contribution in [1.82, 2.24) is 9.99 Å². The molecule has 1 aromatic heterocycles. The maximum atomic E-state index is 6.21. The van der Waals surface area contributed by atoms with Crippen LogP contribution in [-0.4, -0.2) is 10.8 Å². The molecule has 0 saturated carbocycles. The Labute approximate surface area is 193 Å². The molecule has 3 aromatic carbocycles. The maximum absolute atomic E-state index is 6.21. The van der Waals surface area contributed by atoms with Crippen molar-refractivity contribution in [2.45, 2.75) is 13.1 Å². The second-order valence-electron chi connectivity index (χ2n) is 6.65. The number of nitrogens with one attached hydrogen (secondary N) is 1. The standard InChI is InChI=1S/C23H18Cl2IN3/c24-21-5-3-6-22(25)20(21)13-28-27-12-17-15-29(23-7-2-1-4-19(17)23)14-16-8-10-18(26)11-9-16/h1-12,15,28H,13-14H2/b27-12-. The van der Waals surface area contributed by atoms with Crippen LogP contribution in [0, 0.1) is 3.57 Å². The topological polar surface area (TPSA) is 29.3 Å². The van der Waals surface area contributed by atoms with Crippen LogP contribution >= 0.6 is 45.8 Å². The lowest BCUT2D eigenvalue weighted by atomic mass is 10.2. The van der Waals surface area contributed by atoms with Gasteiger partial charge in [-0.15, -0.1) is 0 Å². The van der Waals surface area contributed by atoms with E-state index < -0.39 is 0 Å². The molecule has 0 aliphatic rings. The number of fused-ring (bicyclic) bond motifs is 1. The largest absolute Gasteiger partial charge is 0.342 e. The van der Waals surface area contributed by atoms with Crippen molar-refractivity contribution in [3.05, 3.63) is 103 Å². The van der Waals surface area contributed by atoms with Crippen molar-refractivity contribution >= 4 is 62.9 Å². The third-order valence-corrected chi connectivity index (χ3v) is 6.13. The molecule has 1 N–H and O–H groups in total. The lowest BCUT2D eigenvalue weighted by molar-refractivity contribution is 0.748. The lowest BCUT2D eigenvalue weighted by Crippen LogP contribution is -2.06. The number of hydrogen-bond acceptors (Lipinski definition) is 2. The highest BCUT2D eigenvalue weighted by molar-refractivity contribution is 14.1. The summed E-state index contributed by atoms with van der Waals surface area (Å²) in [6.45, 7) is 1.28. The summed E-state index contributed by atoms with van der Waals surface area (Å²) in [5.41, 5.74) is 7.40. The van der Waals surface area contributed by atoms with E-state index in [1.807, 2.05) is 30.5 Å². The fraction of sp³-hybridized carbons (Fsp3) is 0.0870. The van der Waals surface area contributed by atoms with Crippen LogP contribution in [0.2, 0.25) is 10.0 Å². The number of rotatable bonds is 6. The van der Waals surface area contributed by atoms with Crippen LogP contribution in [0.4, 0.5) is 0 Å². The Morgan fingerprint density at radius 2 is 1.66 bits per heavy atom. The molecule has 0 aliphatic heterocycles. The molecule has 0 bridgehead atoms. The molecular formula is C23H18Cl2IN3. The van der Waals surface area contributed by atoms with E-state index in [4.69, 9.17) is 23.2 Å². The maximum Gasteiger partial charge on any atom is 0.0609 e. The summed E-state index contributed by atoms with van der Waals surface area (Å²) < 4.78 is 3.49. The zero-order chi connectivity index (χ0) is 20.2. The van der Waals surface area contributed by atoms with E-state index in [0.717, 1.165) is 17.7 Å². The molecule has 0 spiro atoms. The number of nitrogens with zero attached hydrogens (tertiary/aromatic N) is 2. The monoisotopic (exact) mass is 533 g/mol. The Balaban J connectivity index is 1.54. The smallest absolute Gasteiger partial charge is 0.0609 e. The van der Waals surface area contributed by atoms with E-state index in [1.54, 1.807) is 0 Å². The summed E-state index contributed by atoms with van der Waals surface area (Å²) in [4.78, 5) is 0.